The zero-order chi connectivity index (χ0) is 5.15. The van der Waals surface area contributed by atoms with Gasteiger partial charge in [-0.2, -0.15) is 0 Å². The Morgan fingerprint density at radius 3 is 1.33 bits per heavy atom. The Balaban J connectivity index is 0. The average molecular weight is 93.1 g/mol. The van der Waals surface area contributed by atoms with E-state index in [0.717, 1.165) is 0 Å². The lowest BCUT2D eigenvalue weighted by Gasteiger charge is -1.72. The maximum absolute atomic E-state index is 9.10. The monoisotopic (exact) mass is 93.0 g/mol. The van der Waals surface area contributed by atoms with Crippen molar-refractivity contribution >= 4 is 11.9 Å². The quantitative estimate of drug-likeness (QED) is 0.387. The van der Waals surface area contributed by atoms with Crippen molar-refractivity contribution in [3.05, 3.63) is 0 Å². The number of hydrogen-bond acceptors (Lipinski definition) is 2. The molecule has 4 heteroatoms. The highest BCUT2D eigenvalue weighted by atomic mass is 16.4. The first kappa shape index (κ1) is 4.94. The third kappa shape index (κ3) is 1.28. The number of carboxylic acids is 2. The summed E-state index contributed by atoms with van der Waals surface area (Å²) in [6.07, 6.45) is 0. The van der Waals surface area contributed by atoms with E-state index in [2.05, 4.69) is 0 Å². The molecule has 0 bridgehead atoms. The lowest BCUT2D eigenvalue weighted by atomic mass is 10.7. The van der Waals surface area contributed by atoms with E-state index in [1.165, 1.54) is 0 Å². The first-order valence-electron chi connectivity index (χ1n) is 1.11. The van der Waals surface area contributed by atoms with Crippen molar-refractivity contribution in [2.75, 3.05) is 0 Å². The summed E-state index contributed by atoms with van der Waals surface area (Å²) in [6.45, 7) is 0. The summed E-state index contributed by atoms with van der Waals surface area (Å²) < 4.78 is 0. The number of rotatable bonds is 0. The van der Waals surface area contributed by atoms with Gasteiger partial charge in [0.1, 0.15) is 0 Å². The number of carboxylic acid groups (broad SMARTS) is 2. The van der Waals surface area contributed by atoms with Gasteiger partial charge in [0, 0.05) is 1.43 Å². The molecule has 2 N–H and O–H groups in total. The van der Waals surface area contributed by atoms with Crippen LogP contribution >= 0.6 is 0 Å². The molecule has 0 aliphatic carbocycles. The van der Waals surface area contributed by atoms with Crippen LogP contribution < -0.4 is 0 Å². The molecule has 0 unspecified atom stereocenters. The molecule has 1 radical (unpaired) electrons. The van der Waals surface area contributed by atoms with Crippen molar-refractivity contribution in [3.63, 3.8) is 0 Å². The summed E-state index contributed by atoms with van der Waals surface area (Å²) in [6, 6.07) is 0. The molecule has 0 spiro atoms. The first-order valence-corrected chi connectivity index (χ1v) is 1.11. The van der Waals surface area contributed by atoms with Crippen molar-refractivity contribution in [2.24, 2.45) is 0 Å². The molecular formula is C2H3O4. The molecule has 0 aromatic rings. The molecule has 6 heavy (non-hydrogen) atoms. The normalized spacial score (nSPS) is 7.33. The zero-order valence-corrected chi connectivity index (χ0v) is 2.71. The molecule has 0 aromatic heterocycles. The molecule has 0 fully saturated rings. The van der Waals surface area contributed by atoms with Crippen LogP contribution in [0.1, 0.15) is 1.43 Å². The van der Waals surface area contributed by atoms with Gasteiger partial charge in [-0.05, 0) is 0 Å². The fourth-order valence-electron chi connectivity index (χ4n) is 0. The summed E-state index contributed by atoms with van der Waals surface area (Å²) in [4.78, 5) is 18.2. The van der Waals surface area contributed by atoms with Crippen molar-refractivity contribution in [1.82, 2.24) is 0 Å². The van der Waals surface area contributed by atoms with E-state index in [1.807, 2.05) is 0 Å². The fourth-order valence-corrected chi connectivity index (χ4v) is 0. The van der Waals surface area contributed by atoms with Crippen LogP contribution in [-0.4, -0.2) is 22.2 Å². The largest absolute Gasteiger partial charge is 0.473 e. The molecule has 0 heterocycles. The van der Waals surface area contributed by atoms with Gasteiger partial charge < -0.3 is 10.2 Å². The van der Waals surface area contributed by atoms with Crippen LogP contribution in [0.3, 0.4) is 0 Å². The highest BCUT2D eigenvalue weighted by molar-refractivity contribution is 6.27. The standard InChI is InChI=1S/C2H2O4.H/c3-1(4)2(5)6;/h(H,3,4)(H,5,6);/i;1+2. The van der Waals surface area contributed by atoms with Gasteiger partial charge >= 0.3 is 11.9 Å². The lowest BCUT2D eigenvalue weighted by molar-refractivity contribution is -0.159. The van der Waals surface area contributed by atoms with Gasteiger partial charge in [0.2, 0.25) is 0 Å². The van der Waals surface area contributed by atoms with Gasteiger partial charge in [-0.25, -0.2) is 9.59 Å². The van der Waals surface area contributed by atoms with E-state index in [9.17, 15) is 0 Å². The van der Waals surface area contributed by atoms with Crippen LogP contribution in [0.4, 0.5) is 0 Å². The van der Waals surface area contributed by atoms with Crippen LogP contribution in [-0.2, 0) is 9.59 Å². The van der Waals surface area contributed by atoms with Crippen molar-refractivity contribution in [2.45, 2.75) is 0 Å². The van der Waals surface area contributed by atoms with Gasteiger partial charge in [-0.15, -0.1) is 0 Å². The van der Waals surface area contributed by atoms with E-state index in [1.54, 1.807) is 0 Å². The molecule has 0 aliphatic heterocycles. The third-order valence-corrected chi connectivity index (χ3v) is 0.183. The minimum absolute atomic E-state index is 0. The fraction of sp³-hybridized carbons (Fsp3) is 0. The van der Waals surface area contributed by atoms with Crippen molar-refractivity contribution in [3.8, 4) is 0 Å². The predicted octanol–water partition coefficient (Wildman–Crippen LogP) is -0.732. The van der Waals surface area contributed by atoms with Gasteiger partial charge in [-0.1, -0.05) is 0 Å². The van der Waals surface area contributed by atoms with Crippen LogP contribution in [0.2, 0.25) is 0 Å². The zero-order valence-electron chi connectivity index (χ0n) is 3.71. The van der Waals surface area contributed by atoms with Crippen molar-refractivity contribution in [1.29, 1.82) is 0 Å². The molecular weight excluding hydrogens is 88.0 g/mol. The third-order valence-electron chi connectivity index (χ3n) is 0.183. The number of carbonyl (C=O) groups is 2. The van der Waals surface area contributed by atoms with E-state index in [-0.39, 0.29) is 1.43 Å². The molecule has 0 aromatic carbocycles. The molecule has 0 saturated carbocycles. The summed E-state index contributed by atoms with van der Waals surface area (Å²) >= 11 is 0. The number of hydrogen-bond donors (Lipinski definition) is 2. The second-order valence-corrected chi connectivity index (χ2v) is 0.610. The van der Waals surface area contributed by atoms with Gasteiger partial charge in [-0.3, -0.25) is 0 Å². The van der Waals surface area contributed by atoms with E-state index < -0.39 is 11.9 Å². The maximum atomic E-state index is 9.10. The minimum atomic E-state index is -1.82. The van der Waals surface area contributed by atoms with Crippen molar-refractivity contribution < 1.29 is 21.2 Å². The first-order chi connectivity index (χ1) is 2.64. The molecule has 35 valence electrons. The van der Waals surface area contributed by atoms with E-state index in [4.69, 9.17) is 19.8 Å². The Labute approximate surface area is 34.5 Å². The van der Waals surface area contributed by atoms with E-state index in [0.29, 0.717) is 0 Å². The summed E-state index contributed by atoms with van der Waals surface area (Å²) in [5.41, 5.74) is 0. The molecule has 0 rings (SSSR count). The summed E-state index contributed by atoms with van der Waals surface area (Å²) in [5.74, 6) is -3.65. The Hall–Kier alpha value is -1.06. The van der Waals surface area contributed by atoms with Gasteiger partial charge in [0.15, 0.2) is 0 Å². The maximum Gasteiger partial charge on any atom is 0.414 e. The highest BCUT2D eigenvalue weighted by Gasteiger charge is 2.04. The SMILES string of the molecule is O=C(O)C(=O)O.[3H]. The topological polar surface area (TPSA) is 74.6 Å². The smallest absolute Gasteiger partial charge is 0.414 e. The summed E-state index contributed by atoms with van der Waals surface area (Å²) in [7, 11) is 0. The van der Waals surface area contributed by atoms with E-state index >= 15 is 0 Å². The van der Waals surface area contributed by atoms with Crippen LogP contribution in [0.25, 0.3) is 0 Å². The van der Waals surface area contributed by atoms with Crippen LogP contribution in [0.15, 0.2) is 0 Å². The molecule has 0 saturated heterocycles. The Morgan fingerprint density at radius 2 is 1.33 bits per heavy atom. The lowest BCUT2D eigenvalue weighted by Crippen LogP contribution is -2.09. The van der Waals surface area contributed by atoms with Gasteiger partial charge in [0.25, 0.3) is 0 Å². The average Bonchev–Trinajstić information content (AvgIpc) is 1.36. The Bertz CT molecular complexity index is 75.7. The van der Waals surface area contributed by atoms with Crippen LogP contribution in [0, 0.1) is 0 Å². The second kappa shape index (κ2) is 1.40. The molecule has 0 amide bonds. The highest BCUT2D eigenvalue weighted by Crippen LogP contribution is 1.56. The molecule has 0 atom stereocenters. The van der Waals surface area contributed by atoms with Gasteiger partial charge in [0.05, 0.1) is 0 Å². The predicted molar refractivity (Wildman–Crippen MR) is 16.4 cm³/mol. The Kier molecular flexibility index (Phi) is 1.15. The molecule has 4 nitrogen and oxygen atoms in total. The minimum Gasteiger partial charge on any atom is -0.473 e. The second-order valence-electron chi connectivity index (χ2n) is 0.610. The number of aliphatic carboxylic acids is 2. The summed E-state index contributed by atoms with van der Waals surface area (Å²) in [5, 5.41) is 14.8. The van der Waals surface area contributed by atoms with Crippen LogP contribution in [0.5, 0.6) is 0 Å². The molecule has 0 aliphatic rings. The Morgan fingerprint density at radius 1 is 1.17 bits per heavy atom.